The van der Waals surface area contributed by atoms with E-state index in [0.29, 0.717) is 12.0 Å². The van der Waals surface area contributed by atoms with Crippen molar-refractivity contribution in [1.82, 2.24) is 0 Å². The van der Waals surface area contributed by atoms with Gasteiger partial charge in [-0.2, -0.15) is 0 Å². The molecule has 70 valence electrons. The van der Waals surface area contributed by atoms with Crippen LogP contribution < -0.4 is 5.73 Å². The average molecular weight is 196 g/mol. The third-order valence-corrected chi connectivity index (χ3v) is 3.07. The summed E-state index contributed by atoms with van der Waals surface area (Å²) < 4.78 is 0. The van der Waals surface area contributed by atoms with Crippen molar-refractivity contribution in [2.75, 3.05) is 0 Å². The maximum absolute atomic E-state index is 5.87. The Morgan fingerprint density at radius 3 is 2.38 bits per heavy atom. The quantitative estimate of drug-likeness (QED) is 0.733. The summed E-state index contributed by atoms with van der Waals surface area (Å²) >= 11 is 5.82. The van der Waals surface area contributed by atoms with Crippen LogP contribution in [0.5, 0.6) is 0 Å². The van der Waals surface area contributed by atoms with Gasteiger partial charge in [-0.3, -0.25) is 0 Å². The van der Waals surface area contributed by atoms with Gasteiger partial charge in [0.15, 0.2) is 0 Å². The molecule has 0 saturated heterocycles. The summed E-state index contributed by atoms with van der Waals surface area (Å²) in [5.41, 5.74) is 7.25. The van der Waals surface area contributed by atoms with E-state index >= 15 is 0 Å². The predicted molar refractivity (Wildman–Crippen MR) is 56.0 cm³/mol. The third kappa shape index (κ3) is 2.04. The van der Waals surface area contributed by atoms with Gasteiger partial charge < -0.3 is 5.73 Å². The molecule has 13 heavy (non-hydrogen) atoms. The smallest absolute Gasteiger partial charge is 0.0406 e. The second kappa shape index (κ2) is 3.69. The summed E-state index contributed by atoms with van der Waals surface area (Å²) in [6.45, 7) is 0. The zero-order chi connectivity index (χ0) is 9.26. The summed E-state index contributed by atoms with van der Waals surface area (Å²) in [6.07, 6.45) is 3.51. The number of halogens is 1. The molecule has 2 atom stereocenters. The number of nitrogens with two attached hydrogens (primary N) is 1. The lowest BCUT2D eigenvalue weighted by Crippen LogP contribution is -2.14. The minimum absolute atomic E-state index is 0.403. The molecule has 0 radical (unpaired) electrons. The van der Waals surface area contributed by atoms with E-state index in [4.69, 9.17) is 17.3 Å². The van der Waals surface area contributed by atoms with Crippen molar-refractivity contribution in [1.29, 1.82) is 0 Å². The summed E-state index contributed by atoms with van der Waals surface area (Å²) in [5, 5.41) is 0.811. The molecule has 2 rings (SSSR count). The summed E-state index contributed by atoms with van der Waals surface area (Å²) in [4.78, 5) is 0. The van der Waals surface area contributed by atoms with E-state index in [1.54, 1.807) is 0 Å². The molecule has 0 aliphatic heterocycles. The molecular formula is C11H14ClN. The lowest BCUT2D eigenvalue weighted by Gasteiger charge is -2.09. The van der Waals surface area contributed by atoms with Crippen molar-refractivity contribution in [3.8, 4) is 0 Å². The lowest BCUT2D eigenvalue weighted by atomic mass is 9.98. The van der Waals surface area contributed by atoms with Gasteiger partial charge in [0.25, 0.3) is 0 Å². The highest BCUT2D eigenvalue weighted by Gasteiger charge is 2.22. The largest absolute Gasteiger partial charge is 0.328 e. The van der Waals surface area contributed by atoms with E-state index in [2.05, 4.69) is 12.1 Å². The molecule has 2 heteroatoms. The summed E-state index contributed by atoms with van der Waals surface area (Å²) in [6, 6.07) is 8.55. The SMILES string of the molecule is N[C@@H]1CC[C@H](c2ccc(Cl)cc2)C1. The minimum atomic E-state index is 0.403. The van der Waals surface area contributed by atoms with Crippen molar-refractivity contribution >= 4 is 11.6 Å². The van der Waals surface area contributed by atoms with Gasteiger partial charge in [0.05, 0.1) is 0 Å². The first kappa shape index (κ1) is 9.04. The van der Waals surface area contributed by atoms with Gasteiger partial charge in [-0.05, 0) is 42.9 Å². The molecule has 0 amide bonds. The van der Waals surface area contributed by atoms with E-state index < -0.39 is 0 Å². The van der Waals surface area contributed by atoms with Crippen molar-refractivity contribution < 1.29 is 0 Å². The van der Waals surface area contributed by atoms with Crippen LogP contribution in [0, 0.1) is 0 Å². The first-order chi connectivity index (χ1) is 6.25. The summed E-state index contributed by atoms with van der Waals surface area (Å²) in [7, 11) is 0. The van der Waals surface area contributed by atoms with Crippen LogP contribution in [0.1, 0.15) is 30.7 Å². The Morgan fingerprint density at radius 1 is 1.15 bits per heavy atom. The molecule has 0 unspecified atom stereocenters. The van der Waals surface area contributed by atoms with Crippen molar-refractivity contribution in [3.05, 3.63) is 34.9 Å². The van der Waals surface area contributed by atoms with E-state index in [9.17, 15) is 0 Å². The highest BCUT2D eigenvalue weighted by Crippen LogP contribution is 2.33. The van der Waals surface area contributed by atoms with Gasteiger partial charge in [0.1, 0.15) is 0 Å². The molecule has 1 aromatic rings. The maximum atomic E-state index is 5.87. The second-order valence-corrected chi connectivity index (χ2v) is 4.26. The van der Waals surface area contributed by atoms with Crippen molar-refractivity contribution in [2.24, 2.45) is 5.73 Å². The van der Waals surface area contributed by atoms with E-state index in [-0.39, 0.29) is 0 Å². The topological polar surface area (TPSA) is 26.0 Å². The van der Waals surface area contributed by atoms with Crippen LogP contribution in [0.15, 0.2) is 24.3 Å². The molecule has 1 aliphatic rings. The van der Waals surface area contributed by atoms with Crippen LogP contribution in [0.3, 0.4) is 0 Å². The van der Waals surface area contributed by atoms with E-state index in [1.807, 2.05) is 12.1 Å². The molecule has 1 aliphatic carbocycles. The molecule has 1 fully saturated rings. The van der Waals surface area contributed by atoms with E-state index in [0.717, 1.165) is 17.9 Å². The molecule has 0 heterocycles. The van der Waals surface area contributed by atoms with Crippen LogP contribution in [0.2, 0.25) is 5.02 Å². The number of hydrogen-bond donors (Lipinski definition) is 1. The molecule has 1 aromatic carbocycles. The highest BCUT2D eigenvalue weighted by molar-refractivity contribution is 6.30. The average Bonchev–Trinajstić information content (AvgIpc) is 2.53. The fourth-order valence-corrected chi connectivity index (χ4v) is 2.18. The molecule has 0 spiro atoms. The Balaban J connectivity index is 2.13. The molecule has 0 bridgehead atoms. The monoisotopic (exact) mass is 195 g/mol. The Hall–Kier alpha value is -0.530. The number of rotatable bonds is 1. The predicted octanol–water partition coefficient (Wildman–Crippen LogP) is 2.93. The number of hydrogen-bond acceptors (Lipinski definition) is 1. The van der Waals surface area contributed by atoms with Crippen LogP contribution in [-0.2, 0) is 0 Å². The Kier molecular flexibility index (Phi) is 2.56. The summed E-state index contributed by atoms with van der Waals surface area (Å²) in [5.74, 6) is 0.660. The van der Waals surface area contributed by atoms with Crippen LogP contribution in [-0.4, -0.2) is 6.04 Å². The van der Waals surface area contributed by atoms with Gasteiger partial charge >= 0.3 is 0 Å². The molecule has 1 nitrogen and oxygen atoms in total. The molecular weight excluding hydrogens is 182 g/mol. The van der Waals surface area contributed by atoms with Crippen LogP contribution in [0.4, 0.5) is 0 Å². The molecule has 1 saturated carbocycles. The zero-order valence-corrected chi connectivity index (χ0v) is 8.30. The lowest BCUT2D eigenvalue weighted by molar-refractivity contribution is 0.675. The second-order valence-electron chi connectivity index (χ2n) is 3.82. The van der Waals surface area contributed by atoms with Crippen molar-refractivity contribution in [2.45, 2.75) is 31.2 Å². The van der Waals surface area contributed by atoms with Gasteiger partial charge in [-0.1, -0.05) is 23.7 Å². The minimum Gasteiger partial charge on any atom is -0.328 e. The first-order valence-corrected chi connectivity index (χ1v) is 5.14. The normalized spacial score (nSPS) is 27.8. The maximum Gasteiger partial charge on any atom is 0.0406 e. The van der Waals surface area contributed by atoms with E-state index in [1.165, 1.54) is 12.0 Å². The fraction of sp³-hybridized carbons (Fsp3) is 0.455. The number of benzene rings is 1. The van der Waals surface area contributed by atoms with Crippen molar-refractivity contribution in [3.63, 3.8) is 0 Å². The highest BCUT2D eigenvalue weighted by atomic mass is 35.5. The Morgan fingerprint density at radius 2 is 1.85 bits per heavy atom. The Labute approximate surface area is 83.9 Å². The third-order valence-electron chi connectivity index (χ3n) is 2.81. The van der Waals surface area contributed by atoms with Gasteiger partial charge in [0.2, 0.25) is 0 Å². The molecule has 0 aromatic heterocycles. The van der Waals surface area contributed by atoms with Gasteiger partial charge in [-0.25, -0.2) is 0 Å². The van der Waals surface area contributed by atoms with Crippen LogP contribution >= 0.6 is 11.6 Å². The fourth-order valence-electron chi connectivity index (χ4n) is 2.05. The Bertz CT molecular complexity index is 281. The first-order valence-electron chi connectivity index (χ1n) is 4.77. The zero-order valence-electron chi connectivity index (χ0n) is 7.54. The van der Waals surface area contributed by atoms with Gasteiger partial charge in [-0.15, -0.1) is 0 Å². The molecule has 2 N–H and O–H groups in total. The standard InChI is InChI=1S/C11H14ClN/c12-10-4-1-8(2-5-10)9-3-6-11(13)7-9/h1-2,4-5,9,11H,3,6-7,13H2/t9-,11+/m0/s1. The van der Waals surface area contributed by atoms with Gasteiger partial charge in [0, 0.05) is 11.1 Å². The van der Waals surface area contributed by atoms with Crippen LogP contribution in [0.25, 0.3) is 0 Å².